The third kappa shape index (κ3) is 4.27. The van der Waals surface area contributed by atoms with Gasteiger partial charge in [0, 0.05) is 0 Å². The molecule has 0 bridgehead atoms. The molecule has 0 spiro atoms. The number of nitrogens with one attached hydrogen (secondary N) is 1. The second-order valence-electron chi connectivity index (χ2n) is 5.24. The Labute approximate surface area is 149 Å². The van der Waals surface area contributed by atoms with Crippen molar-refractivity contribution >= 4 is 35.1 Å². The largest absolute Gasteiger partial charge is 0.452 e. The van der Waals surface area contributed by atoms with Gasteiger partial charge in [0.25, 0.3) is 5.91 Å². The van der Waals surface area contributed by atoms with Crippen LogP contribution >= 0.6 is 23.2 Å². The van der Waals surface area contributed by atoms with Gasteiger partial charge in [0.15, 0.2) is 6.61 Å². The van der Waals surface area contributed by atoms with Crippen LogP contribution in [0.5, 0.6) is 0 Å². The molecule has 0 aliphatic rings. The van der Waals surface area contributed by atoms with Crippen LogP contribution in [0.2, 0.25) is 10.0 Å². The molecule has 0 aliphatic carbocycles. The van der Waals surface area contributed by atoms with Gasteiger partial charge in [-0.05, 0) is 38.5 Å². The predicted octanol–water partition coefficient (Wildman–Crippen LogP) is 3.63. The molecule has 0 saturated heterocycles. The number of esters is 1. The summed E-state index contributed by atoms with van der Waals surface area (Å²) in [6.07, 6.45) is 0. The Morgan fingerprint density at radius 2 is 2.00 bits per heavy atom. The number of rotatable bonds is 5. The number of halogens is 2. The maximum atomic E-state index is 12.0. The van der Waals surface area contributed by atoms with Crippen LogP contribution in [0.25, 0.3) is 0 Å². The fourth-order valence-corrected chi connectivity index (χ4v) is 2.43. The molecule has 2 aromatic rings. The molecule has 2 rings (SSSR count). The Morgan fingerprint density at radius 3 is 2.58 bits per heavy atom. The second-order valence-corrected chi connectivity index (χ2v) is 6.05. The lowest BCUT2D eigenvalue weighted by molar-refractivity contribution is -0.124. The van der Waals surface area contributed by atoms with Gasteiger partial charge in [0.2, 0.25) is 0 Å². The summed E-state index contributed by atoms with van der Waals surface area (Å²) in [6.45, 7) is 4.60. The van der Waals surface area contributed by atoms with E-state index in [0.717, 1.165) is 5.56 Å². The molecule has 0 radical (unpaired) electrons. The monoisotopic (exact) mass is 370 g/mol. The summed E-state index contributed by atoms with van der Waals surface area (Å²) in [5.74, 6) is -0.737. The molecule has 1 N–H and O–H groups in total. The molecule has 1 aromatic heterocycles. The van der Waals surface area contributed by atoms with Crippen molar-refractivity contribution in [3.63, 3.8) is 0 Å². The highest BCUT2D eigenvalue weighted by molar-refractivity contribution is 6.42. The van der Waals surface area contributed by atoms with Crippen molar-refractivity contribution in [2.75, 3.05) is 6.61 Å². The highest BCUT2D eigenvalue weighted by Crippen LogP contribution is 2.25. The van der Waals surface area contributed by atoms with E-state index in [-0.39, 0.29) is 11.6 Å². The molecule has 0 unspecified atom stereocenters. The van der Waals surface area contributed by atoms with Crippen molar-refractivity contribution in [3.8, 4) is 0 Å². The van der Waals surface area contributed by atoms with Crippen LogP contribution in [0.1, 0.15) is 40.3 Å². The number of hydrogen-bond donors (Lipinski definition) is 1. The van der Waals surface area contributed by atoms with Gasteiger partial charge >= 0.3 is 5.97 Å². The minimum atomic E-state index is -0.649. The molecule has 128 valence electrons. The Bertz CT molecular complexity index is 754. The average molecular weight is 371 g/mol. The van der Waals surface area contributed by atoms with E-state index in [2.05, 4.69) is 10.5 Å². The van der Waals surface area contributed by atoms with Crippen LogP contribution in [0.4, 0.5) is 0 Å². The van der Waals surface area contributed by atoms with Gasteiger partial charge in [-0.3, -0.25) is 4.79 Å². The van der Waals surface area contributed by atoms with E-state index in [4.69, 9.17) is 32.5 Å². The van der Waals surface area contributed by atoms with E-state index in [0.29, 0.717) is 21.5 Å². The number of ether oxygens (including phenoxy) is 1. The van der Waals surface area contributed by atoms with Crippen molar-refractivity contribution in [2.24, 2.45) is 0 Å². The lowest BCUT2D eigenvalue weighted by Crippen LogP contribution is -2.31. The summed E-state index contributed by atoms with van der Waals surface area (Å²) in [5.41, 5.74) is 1.44. The first-order valence-corrected chi connectivity index (χ1v) is 7.89. The first kappa shape index (κ1) is 18.3. The average Bonchev–Trinajstić information content (AvgIpc) is 2.86. The van der Waals surface area contributed by atoms with E-state index in [1.807, 2.05) is 0 Å². The van der Waals surface area contributed by atoms with Crippen molar-refractivity contribution in [1.29, 1.82) is 0 Å². The minimum absolute atomic E-state index is 0.236. The van der Waals surface area contributed by atoms with E-state index in [9.17, 15) is 9.59 Å². The molecular formula is C16H16Cl2N2O4. The van der Waals surface area contributed by atoms with E-state index >= 15 is 0 Å². The molecule has 1 amide bonds. The van der Waals surface area contributed by atoms with Gasteiger partial charge in [0.05, 0.1) is 21.8 Å². The Morgan fingerprint density at radius 1 is 1.29 bits per heavy atom. The van der Waals surface area contributed by atoms with Crippen molar-refractivity contribution in [1.82, 2.24) is 10.5 Å². The molecule has 1 aromatic carbocycles. The quantitative estimate of drug-likeness (QED) is 0.812. The topological polar surface area (TPSA) is 81.4 Å². The van der Waals surface area contributed by atoms with Crippen molar-refractivity contribution < 1.29 is 18.8 Å². The summed E-state index contributed by atoms with van der Waals surface area (Å²) in [6, 6.07) is 4.77. The van der Waals surface area contributed by atoms with E-state index in [1.54, 1.807) is 39.0 Å². The number of nitrogens with zero attached hydrogens (tertiary/aromatic N) is 1. The standard InChI is InChI=1S/C16H16Cl2N2O4/c1-8(11-4-5-12(17)13(18)6-11)19-14(21)7-23-16(22)15-9(2)20-24-10(15)3/h4-6,8H,7H2,1-3H3,(H,19,21)/t8-/m0/s1. The Kier molecular flexibility index (Phi) is 5.85. The number of carbonyl (C=O) groups excluding carboxylic acids is 2. The van der Waals surface area contributed by atoms with Gasteiger partial charge < -0.3 is 14.6 Å². The summed E-state index contributed by atoms with van der Waals surface area (Å²) < 4.78 is 9.88. The molecule has 1 heterocycles. The summed E-state index contributed by atoms with van der Waals surface area (Å²) in [7, 11) is 0. The van der Waals surface area contributed by atoms with Crippen LogP contribution in [-0.4, -0.2) is 23.6 Å². The Balaban J connectivity index is 1.91. The maximum absolute atomic E-state index is 12.0. The summed E-state index contributed by atoms with van der Waals surface area (Å²) in [4.78, 5) is 23.9. The predicted molar refractivity (Wildman–Crippen MR) is 89.3 cm³/mol. The van der Waals surface area contributed by atoms with E-state index in [1.165, 1.54) is 0 Å². The minimum Gasteiger partial charge on any atom is -0.452 e. The first-order chi connectivity index (χ1) is 11.3. The summed E-state index contributed by atoms with van der Waals surface area (Å²) in [5, 5.41) is 7.22. The lowest BCUT2D eigenvalue weighted by Gasteiger charge is -2.15. The Hall–Kier alpha value is -2.05. The fraction of sp³-hybridized carbons (Fsp3) is 0.312. The van der Waals surface area contributed by atoms with Gasteiger partial charge in [0.1, 0.15) is 11.3 Å². The zero-order chi connectivity index (χ0) is 17.9. The number of benzene rings is 1. The molecule has 1 atom stereocenters. The molecule has 0 aliphatic heterocycles. The zero-order valence-corrected chi connectivity index (χ0v) is 14.9. The van der Waals surface area contributed by atoms with E-state index < -0.39 is 18.5 Å². The van der Waals surface area contributed by atoms with Crippen LogP contribution in [0.3, 0.4) is 0 Å². The van der Waals surface area contributed by atoms with Gasteiger partial charge in [-0.15, -0.1) is 0 Å². The fourth-order valence-electron chi connectivity index (χ4n) is 2.13. The van der Waals surface area contributed by atoms with Crippen LogP contribution in [0, 0.1) is 13.8 Å². The molecule has 0 fully saturated rings. The molecule has 6 nitrogen and oxygen atoms in total. The molecule has 0 saturated carbocycles. The number of hydrogen-bond acceptors (Lipinski definition) is 5. The van der Waals surface area contributed by atoms with Crippen molar-refractivity contribution in [2.45, 2.75) is 26.8 Å². The third-order valence-electron chi connectivity index (χ3n) is 3.39. The second kappa shape index (κ2) is 7.68. The lowest BCUT2D eigenvalue weighted by atomic mass is 10.1. The number of aromatic nitrogens is 1. The highest BCUT2D eigenvalue weighted by Gasteiger charge is 2.20. The van der Waals surface area contributed by atoms with Crippen LogP contribution in [0.15, 0.2) is 22.7 Å². The normalized spacial score (nSPS) is 11.9. The smallest absolute Gasteiger partial charge is 0.344 e. The highest BCUT2D eigenvalue weighted by atomic mass is 35.5. The molecule has 8 heteroatoms. The zero-order valence-electron chi connectivity index (χ0n) is 13.4. The SMILES string of the molecule is Cc1noc(C)c1C(=O)OCC(=O)N[C@@H](C)c1ccc(Cl)c(Cl)c1. The van der Waals surface area contributed by atoms with Crippen LogP contribution < -0.4 is 5.32 Å². The van der Waals surface area contributed by atoms with Crippen LogP contribution in [-0.2, 0) is 9.53 Å². The molecule has 24 heavy (non-hydrogen) atoms. The summed E-state index contributed by atoms with van der Waals surface area (Å²) >= 11 is 11.8. The van der Waals surface area contributed by atoms with Gasteiger partial charge in [-0.2, -0.15) is 0 Å². The number of amides is 1. The third-order valence-corrected chi connectivity index (χ3v) is 4.13. The number of aryl methyl sites for hydroxylation is 2. The maximum Gasteiger partial charge on any atom is 0.344 e. The van der Waals surface area contributed by atoms with Gasteiger partial charge in [-0.1, -0.05) is 34.4 Å². The molecular weight excluding hydrogens is 355 g/mol. The van der Waals surface area contributed by atoms with Crippen molar-refractivity contribution in [3.05, 3.63) is 50.8 Å². The first-order valence-electron chi connectivity index (χ1n) is 7.14. The van der Waals surface area contributed by atoms with Gasteiger partial charge in [-0.25, -0.2) is 4.79 Å². The number of carbonyl (C=O) groups is 2.